The van der Waals surface area contributed by atoms with Gasteiger partial charge in [0.15, 0.2) is 11.5 Å². The van der Waals surface area contributed by atoms with Crippen molar-refractivity contribution in [2.75, 3.05) is 5.32 Å². The van der Waals surface area contributed by atoms with Crippen LogP contribution in [0, 0.1) is 12.7 Å². The van der Waals surface area contributed by atoms with E-state index in [1.807, 2.05) is 25.1 Å². The Balaban J connectivity index is 1.80. The first kappa shape index (κ1) is 13.1. The van der Waals surface area contributed by atoms with Gasteiger partial charge in [-0.1, -0.05) is 15.9 Å². The molecule has 3 aromatic rings. The minimum absolute atomic E-state index is 0.223. The molecular formula is C15H12BrFN2O. The molecule has 1 heterocycles. The minimum Gasteiger partial charge on any atom is -0.441 e. The standard InChI is InChI=1S/C15H12BrFN2O/c1-9-19-14-7-12(3-5-15(14)20-9)18-8-10-6-11(16)2-4-13(10)17/h2-7,18H,8H2,1H3. The van der Waals surface area contributed by atoms with Gasteiger partial charge in [0.2, 0.25) is 0 Å². The number of aromatic nitrogens is 1. The second-order valence-corrected chi connectivity index (χ2v) is 5.42. The molecular weight excluding hydrogens is 323 g/mol. The van der Waals surface area contributed by atoms with Gasteiger partial charge in [-0.3, -0.25) is 0 Å². The van der Waals surface area contributed by atoms with Gasteiger partial charge in [0.1, 0.15) is 11.3 Å². The van der Waals surface area contributed by atoms with E-state index in [-0.39, 0.29) is 5.82 Å². The molecule has 0 aliphatic heterocycles. The summed E-state index contributed by atoms with van der Waals surface area (Å²) in [6, 6.07) is 10.5. The van der Waals surface area contributed by atoms with E-state index in [1.54, 1.807) is 12.1 Å². The third kappa shape index (κ3) is 2.67. The third-order valence-electron chi connectivity index (χ3n) is 2.99. The molecule has 0 atom stereocenters. The maximum Gasteiger partial charge on any atom is 0.192 e. The Labute approximate surface area is 123 Å². The number of fused-ring (bicyclic) bond motifs is 1. The molecule has 5 heteroatoms. The molecule has 0 saturated heterocycles. The maximum atomic E-state index is 13.6. The van der Waals surface area contributed by atoms with Crippen LogP contribution in [0.5, 0.6) is 0 Å². The summed E-state index contributed by atoms with van der Waals surface area (Å²) in [7, 11) is 0. The van der Waals surface area contributed by atoms with Gasteiger partial charge in [-0.2, -0.15) is 0 Å². The van der Waals surface area contributed by atoms with Crippen molar-refractivity contribution in [2.24, 2.45) is 0 Å². The fraction of sp³-hybridized carbons (Fsp3) is 0.133. The van der Waals surface area contributed by atoms with E-state index < -0.39 is 0 Å². The summed E-state index contributed by atoms with van der Waals surface area (Å²) in [6.07, 6.45) is 0. The number of nitrogens with zero attached hydrogens (tertiary/aromatic N) is 1. The molecule has 3 rings (SSSR count). The molecule has 0 spiro atoms. The second kappa shape index (κ2) is 5.25. The van der Waals surface area contributed by atoms with Crippen LogP contribution < -0.4 is 5.32 Å². The number of halogens is 2. The van der Waals surface area contributed by atoms with Crippen molar-refractivity contribution in [3.05, 3.63) is 58.1 Å². The first-order valence-electron chi connectivity index (χ1n) is 6.17. The SMILES string of the molecule is Cc1nc2cc(NCc3cc(Br)ccc3F)ccc2o1. The van der Waals surface area contributed by atoms with Crippen LogP contribution in [-0.2, 0) is 6.54 Å². The summed E-state index contributed by atoms with van der Waals surface area (Å²) in [6.45, 7) is 2.22. The van der Waals surface area contributed by atoms with Crippen molar-refractivity contribution < 1.29 is 8.81 Å². The Hall–Kier alpha value is -1.88. The van der Waals surface area contributed by atoms with Gasteiger partial charge in [0.05, 0.1) is 0 Å². The van der Waals surface area contributed by atoms with Crippen LogP contribution in [0.2, 0.25) is 0 Å². The number of aryl methyl sites for hydroxylation is 1. The van der Waals surface area contributed by atoms with E-state index in [1.165, 1.54) is 6.07 Å². The first-order valence-corrected chi connectivity index (χ1v) is 6.96. The molecule has 0 fully saturated rings. The van der Waals surface area contributed by atoms with E-state index in [0.717, 1.165) is 21.3 Å². The molecule has 0 unspecified atom stereocenters. The van der Waals surface area contributed by atoms with Gasteiger partial charge in [-0.25, -0.2) is 9.37 Å². The third-order valence-corrected chi connectivity index (χ3v) is 3.48. The van der Waals surface area contributed by atoms with Crippen molar-refractivity contribution in [1.82, 2.24) is 4.98 Å². The van der Waals surface area contributed by atoms with Crippen LogP contribution in [0.25, 0.3) is 11.1 Å². The molecule has 0 amide bonds. The average molecular weight is 335 g/mol. The van der Waals surface area contributed by atoms with E-state index >= 15 is 0 Å². The van der Waals surface area contributed by atoms with Gasteiger partial charge in [0, 0.05) is 29.2 Å². The summed E-state index contributed by atoms with van der Waals surface area (Å²) in [5, 5.41) is 3.19. The average Bonchev–Trinajstić information content (AvgIpc) is 2.79. The highest BCUT2D eigenvalue weighted by molar-refractivity contribution is 9.10. The Morgan fingerprint density at radius 3 is 2.95 bits per heavy atom. The summed E-state index contributed by atoms with van der Waals surface area (Å²) in [4.78, 5) is 4.27. The number of hydrogen-bond acceptors (Lipinski definition) is 3. The number of rotatable bonds is 3. The molecule has 0 aliphatic rings. The highest BCUT2D eigenvalue weighted by Crippen LogP contribution is 2.21. The molecule has 20 heavy (non-hydrogen) atoms. The molecule has 0 bridgehead atoms. The monoisotopic (exact) mass is 334 g/mol. The van der Waals surface area contributed by atoms with Gasteiger partial charge in [-0.05, 0) is 36.4 Å². The zero-order chi connectivity index (χ0) is 14.1. The van der Waals surface area contributed by atoms with E-state index in [0.29, 0.717) is 18.0 Å². The molecule has 3 nitrogen and oxygen atoms in total. The normalized spacial score (nSPS) is 10.9. The minimum atomic E-state index is -0.223. The lowest BCUT2D eigenvalue weighted by molar-refractivity contribution is 0.561. The van der Waals surface area contributed by atoms with Gasteiger partial charge < -0.3 is 9.73 Å². The van der Waals surface area contributed by atoms with E-state index in [4.69, 9.17) is 4.42 Å². The molecule has 0 saturated carbocycles. The highest BCUT2D eigenvalue weighted by Gasteiger charge is 2.05. The fourth-order valence-electron chi connectivity index (χ4n) is 2.03. The van der Waals surface area contributed by atoms with Crippen molar-refractivity contribution in [1.29, 1.82) is 0 Å². The lowest BCUT2D eigenvalue weighted by Crippen LogP contribution is -2.01. The quantitative estimate of drug-likeness (QED) is 0.757. The Morgan fingerprint density at radius 2 is 2.10 bits per heavy atom. The Kier molecular flexibility index (Phi) is 3.44. The van der Waals surface area contributed by atoms with Crippen LogP contribution >= 0.6 is 15.9 Å². The smallest absolute Gasteiger partial charge is 0.192 e. The Bertz CT molecular complexity index is 770. The van der Waals surface area contributed by atoms with Gasteiger partial charge in [-0.15, -0.1) is 0 Å². The fourth-order valence-corrected chi connectivity index (χ4v) is 2.44. The summed E-state index contributed by atoms with van der Waals surface area (Å²) < 4.78 is 19.9. The lowest BCUT2D eigenvalue weighted by atomic mass is 10.2. The number of anilines is 1. The number of oxazole rings is 1. The van der Waals surface area contributed by atoms with Crippen LogP contribution in [0.4, 0.5) is 10.1 Å². The van der Waals surface area contributed by atoms with Crippen molar-refractivity contribution in [2.45, 2.75) is 13.5 Å². The summed E-state index contributed by atoms with van der Waals surface area (Å²) in [5.74, 6) is 0.411. The molecule has 2 aromatic carbocycles. The van der Waals surface area contributed by atoms with Crippen molar-refractivity contribution in [3.8, 4) is 0 Å². The zero-order valence-corrected chi connectivity index (χ0v) is 12.4. The predicted molar refractivity (Wildman–Crippen MR) is 80.2 cm³/mol. The summed E-state index contributed by atoms with van der Waals surface area (Å²) >= 11 is 3.34. The van der Waals surface area contributed by atoms with Crippen molar-refractivity contribution >= 4 is 32.7 Å². The number of benzene rings is 2. The molecule has 0 radical (unpaired) electrons. The topological polar surface area (TPSA) is 38.1 Å². The largest absolute Gasteiger partial charge is 0.441 e. The van der Waals surface area contributed by atoms with E-state index in [9.17, 15) is 4.39 Å². The summed E-state index contributed by atoms with van der Waals surface area (Å²) in [5.41, 5.74) is 3.03. The highest BCUT2D eigenvalue weighted by atomic mass is 79.9. The van der Waals surface area contributed by atoms with Gasteiger partial charge in [0.25, 0.3) is 0 Å². The first-order chi connectivity index (χ1) is 9.61. The second-order valence-electron chi connectivity index (χ2n) is 4.50. The van der Waals surface area contributed by atoms with Crippen molar-refractivity contribution in [3.63, 3.8) is 0 Å². The van der Waals surface area contributed by atoms with Crippen LogP contribution in [0.15, 0.2) is 45.3 Å². The lowest BCUT2D eigenvalue weighted by Gasteiger charge is -2.07. The van der Waals surface area contributed by atoms with Crippen LogP contribution in [-0.4, -0.2) is 4.98 Å². The Morgan fingerprint density at radius 1 is 1.25 bits per heavy atom. The van der Waals surface area contributed by atoms with Crippen LogP contribution in [0.3, 0.4) is 0 Å². The number of nitrogens with one attached hydrogen (secondary N) is 1. The molecule has 0 aliphatic carbocycles. The molecule has 1 N–H and O–H groups in total. The molecule has 1 aromatic heterocycles. The predicted octanol–water partition coefficient (Wildman–Crippen LogP) is 4.65. The van der Waals surface area contributed by atoms with Gasteiger partial charge >= 0.3 is 0 Å². The van der Waals surface area contributed by atoms with E-state index in [2.05, 4.69) is 26.2 Å². The van der Waals surface area contributed by atoms with Crippen LogP contribution in [0.1, 0.15) is 11.5 Å². The zero-order valence-electron chi connectivity index (χ0n) is 10.8. The maximum absolute atomic E-state index is 13.6. The molecule has 102 valence electrons. The number of hydrogen-bond donors (Lipinski definition) is 1.